The molecule has 2 aliphatic rings. The molecule has 0 aliphatic carbocycles. The van der Waals surface area contributed by atoms with Gasteiger partial charge in [0.2, 0.25) is 17.7 Å². The van der Waals surface area contributed by atoms with Gasteiger partial charge < -0.3 is 29.6 Å². The topological polar surface area (TPSA) is 90.9 Å². The summed E-state index contributed by atoms with van der Waals surface area (Å²) in [6.07, 6.45) is 4.80. The van der Waals surface area contributed by atoms with Crippen molar-refractivity contribution in [1.29, 1.82) is 0 Å². The Balaban J connectivity index is 1.21. The zero-order valence-corrected chi connectivity index (χ0v) is 33.8. The summed E-state index contributed by atoms with van der Waals surface area (Å²) in [5.74, 6) is -0.141. The van der Waals surface area contributed by atoms with E-state index in [4.69, 9.17) is 0 Å². The number of aliphatic hydroxyl groups excluding tert-OH is 1. The van der Waals surface area contributed by atoms with Crippen LogP contribution in [0.2, 0.25) is 0 Å². The molecule has 2 fully saturated rings. The maximum Gasteiger partial charge on any atom is 0.247 e. The van der Waals surface area contributed by atoms with Crippen molar-refractivity contribution in [3.63, 3.8) is 0 Å². The molecule has 2 aliphatic heterocycles. The van der Waals surface area contributed by atoms with E-state index in [0.29, 0.717) is 39.1 Å². The zero-order valence-electron chi connectivity index (χ0n) is 33.8. The molecule has 4 aromatic rings. The Morgan fingerprint density at radius 2 is 1.33 bits per heavy atom. The Bertz CT molecular complexity index is 1920. The van der Waals surface area contributed by atoms with Gasteiger partial charge in [0.05, 0.1) is 6.61 Å². The molecule has 0 spiro atoms. The molecule has 57 heavy (non-hydrogen) atoms. The molecular weight excluding hydrogens is 713 g/mol. The number of carbonyl (C=O) groups is 3. The molecule has 4 aromatic carbocycles. The van der Waals surface area contributed by atoms with E-state index >= 15 is 0 Å². The minimum atomic E-state index is -0.707. The second-order valence-electron chi connectivity index (χ2n) is 15.2. The Hall–Kier alpha value is -5.45. The first-order valence-corrected chi connectivity index (χ1v) is 20.3. The molecule has 6 rings (SSSR count). The molecule has 0 bridgehead atoms. The van der Waals surface area contributed by atoms with Crippen molar-refractivity contribution in [3.05, 3.63) is 137 Å². The van der Waals surface area contributed by atoms with Crippen molar-refractivity contribution in [3.8, 4) is 0 Å². The van der Waals surface area contributed by atoms with Crippen LogP contribution in [-0.2, 0) is 40.3 Å². The molecule has 0 radical (unpaired) electrons. The van der Waals surface area contributed by atoms with Gasteiger partial charge in [0.15, 0.2) is 0 Å². The number of hydrogen-bond acceptors (Lipinski definition) is 7. The molecule has 10 heteroatoms. The van der Waals surface area contributed by atoms with Crippen LogP contribution in [0.25, 0.3) is 6.08 Å². The minimum absolute atomic E-state index is 0.0382. The largest absolute Gasteiger partial charge is 0.395 e. The third-order valence-corrected chi connectivity index (χ3v) is 11.3. The van der Waals surface area contributed by atoms with Crippen LogP contribution in [0.15, 0.2) is 109 Å². The maximum absolute atomic E-state index is 14.8. The number of piperazine rings is 2. The number of hydrogen-bond donors (Lipinski definition) is 1. The van der Waals surface area contributed by atoms with Crippen LogP contribution >= 0.6 is 0 Å². The van der Waals surface area contributed by atoms with Gasteiger partial charge >= 0.3 is 0 Å². The van der Waals surface area contributed by atoms with E-state index in [1.807, 2.05) is 70.3 Å². The zero-order chi connectivity index (χ0) is 40.1. The fraction of sp³-hybridized carbons (Fsp3) is 0.383. The Morgan fingerprint density at radius 3 is 1.95 bits per heavy atom. The molecular formula is C47H58N6O4. The molecule has 1 N–H and O–H groups in total. The van der Waals surface area contributed by atoms with Gasteiger partial charge in [0, 0.05) is 110 Å². The van der Waals surface area contributed by atoms with Gasteiger partial charge in [-0.1, -0.05) is 85.8 Å². The van der Waals surface area contributed by atoms with Crippen molar-refractivity contribution in [2.75, 3.05) is 82.4 Å². The lowest BCUT2D eigenvalue weighted by Crippen LogP contribution is -2.56. The third-order valence-electron chi connectivity index (χ3n) is 11.3. The SMILES string of the molecule is CCc1ccc(C=CC(=O)N(Cc2ccc(N3CCN(C(C)=O)CC3)cc2)C(Cc2ccccc2)C(=O)N2CCN(Cc3ccc(N(C)CCO)cc3)CC2)cc1. The Morgan fingerprint density at radius 1 is 0.719 bits per heavy atom. The number of aliphatic hydroxyl groups is 1. The van der Waals surface area contributed by atoms with Crippen LogP contribution in [-0.4, -0.2) is 121 Å². The number of aryl methyl sites for hydroxylation is 1. The standard InChI is InChI=1S/C47H58N6O4/c1-4-38-10-12-39(13-11-38)18-23-46(56)53(36-42-16-21-44(22-17-42)51-30-28-50(29-31-51)37(2)55)45(34-40-8-6-5-7-9-40)47(57)52-26-24-49(25-27-52)35-41-14-19-43(20-15-41)48(3)32-33-54/h5-23,45,54H,4,24-36H2,1-3H3. The normalized spacial score (nSPS) is 15.5. The smallest absolute Gasteiger partial charge is 0.247 e. The molecule has 0 aromatic heterocycles. The lowest BCUT2D eigenvalue weighted by molar-refractivity contribution is -0.145. The number of benzene rings is 4. The lowest BCUT2D eigenvalue weighted by atomic mass is 10.0. The predicted molar refractivity (Wildman–Crippen MR) is 229 cm³/mol. The van der Waals surface area contributed by atoms with Crippen molar-refractivity contribution in [2.24, 2.45) is 0 Å². The first-order chi connectivity index (χ1) is 27.7. The van der Waals surface area contributed by atoms with Crippen LogP contribution in [0.4, 0.5) is 11.4 Å². The Labute approximate surface area is 338 Å². The highest BCUT2D eigenvalue weighted by Crippen LogP contribution is 2.23. The first-order valence-electron chi connectivity index (χ1n) is 20.3. The predicted octanol–water partition coefficient (Wildman–Crippen LogP) is 5.34. The van der Waals surface area contributed by atoms with E-state index in [9.17, 15) is 19.5 Å². The second-order valence-corrected chi connectivity index (χ2v) is 15.2. The monoisotopic (exact) mass is 770 g/mol. The average molecular weight is 771 g/mol. The molecule has 0 saturated carbocycles. The van der Waals surface area contributed by atoms with Crippen molar-refractivity contribution >= 4 is 35.2 Å². The number of rotatable bonds is 15. The van der Waals surface area contributed by atoms with Crippen molar-refractivity contribution in [2.45, 2.75) is 45.8 Å². The van der Waals surface area contributed by atoms with E-state index in [1.54, 1.807) is 17.9 Å². The van der Waals surface area contributed by atoms with Crippen LogP contribution in [0.3, 0.4) is 0 Å². The highest BCUT2D eigenvalue weighted by atomic mass is 16.3. The molecule has 1 unspecified atom stereocenters. The van der Waals surface area contributed by atoms with E-state index in [2.05, 4.69) is 77.4 Å². The summed E-state index contributed by atoms with van der Waals surface area (Å²) in [6.45, 7) is 11.1. The first kappa shape index (κ1) is 41.2. The van der Waals surface area contributed by atoms with E-state index < -0.39 is 6.04 Å². The van der Waals surface area contributed by atoms with Gasteiger partial charge in [-0.15, -0.1) is 0 Å². The highest BCUT2D eigenvalue weighted by molar-refractivity contribution is 5.96. The number of anilines is 2. The molecule has 3 amide bonds. The van der Waals surface area contributed by atoms with Crippen LogP contribution in [0.1, 0.15) is 41.7 Å². The summed E-state index contributed by atoms with van der Waals surface area (Å²) in [6, 6.07) is 34.2. The minimum Gasteiger partial charge on any atom is -0.395 e. The summed E-state index contributed by atoms with van der Waals surface area (Å²) in [7, 11) is 1.97. The highest BCUT2D eigenvalue weighted by Gasteiger charge is 2.34. The second kappa shape index (κ2) is 20.1. The van der Waals surface area contributed by atoms with Gasteiger partial charge in [0.1, 0.15) is 6.04 Å². The summed E-state index contributed by atoms with van der Waals surface area (Å²) >= 11 is 0. The lowest BCUT2D eigenvalue weighted by Gasteiger charge is -2.39. The van der Waals surface area contributed by atoms with E-state index in [1.165, 1.54) is 11.1 Å². The average Bonchev–Trinajstić information content (AvgIpc) is 3.25. The summed E-state index contributed by atoms with van der Waals surface area (Å²) < 4.78 is 0. The quantitative estimate of drug-likeness (QED) is 0.163. The Kier molecular flexibility index (Phi) is 14.5. The van der Waals surface area contributed by atoms with Crippen LogP contribution in [0, 0.1) is 0 Å². The fourth-order valence-electron chi connectivity index (χ4n) is 7.66. The van der Waals surface area contributed by atoms with Crippen molar-refractivity contribution in [1.82, 2.24) is 19.6 Å². The molecule has 2 heterocycles. The number of likely N-dealkylation sites (N-methyl/N-ethyl adjacent to an activating group) is 1. The number of nitrogens with zero attached hydrogens (tertiary/aromatic N) is 6. The van der Waals surface area contributed by atoms with E-state index in [0.717, 1.165) is 67.2 Å². The van der Waals surface area contributed by atoms with Crippen LogP contribution in [0.5, 0.6) is 0 Å². The number of carbonyl (C=O) groups excluding carboxylic acids is 3. The van der Waals surface area contributed by atoms with Gasteiger partial charge in [-0.25, -0.2) is 0 Å². The van der Waals surface area contributed by atoms with Gasteiger partial charge in [-0.3, -0.25) is 19.3 Å². The summed E-state index contributed by atoms with van der Waals surface area (Å²) in [5, 5.41) is 9.30. The maximum atomic E-state index is 14.8. The van der Waals surface area contributed by atoms with E-state index in [-0.39, 0.29) is 30.9 Å². The molecule has 1 atom stereocenters. The summed E-state index contributed by atoms with van der Waals surface area (Å²) in [5.41, 5.74) is 7.46. The van der Waals surface area contributed by atoms with Gasteiger partial charge in [-0.2, -0.15) is 0 Å². The van der Waals surface area contributed by atoms with Crippen molar-refractivity contribution < 1.29 is 19.5 Å². The molecule has 10 nitrogen and oxygen atoms in total. The van der Waals surface area contributed by atoms with Crippen LogP contribution < -0.4 is 9.80 Å². The van der Waals surface area contributed by atoms with Gasteiger partial charge in [0.25, 0.3) is 0 Å². The third kappa shape index (κ3) is 11.3. The van der Waals surface area contributed by atoms with Gasteiger partial charge in [-0.05, 0) is 64.6 Å². The number of amides is 3. The molecule has 2 saturated heterocycles. The molecule has 300 valence electrons. The summed E-state index contributed by atoms with van der Waals surface area (Å²) in [4.78, 5) is 53.3. The fourth-order valence-corrected chi connectivity index (χ4v) is 7.66.